The molecular formula is C23H38O3S. The Kier molecular flexibility index (Phi) is 13.1. The summed E-state index contributed by atoms with van der Waals surface area (Å²) in [5.74, 6) is -0.531. The minimum atomic E-state index is -3.48. The summed E-state index contributed by atoms with van der Waals surface area (Å²) in [4.78, 5) is 12.2. The monoisotopic (exact) mass is 394 g/mol. The van der Waals surface area contributed by atoms with E-state index in [2.05, 4.69) is 6.92 Å². The van der Waals surface area contributed by atoms with Gasteiger partial charge in [-0.1, -0.05) is 102 Å². The topological polar surface area (TPSA) is 51.2 Å². The first-order valence-electron chi connectivity index (χ1n) is 10.9. The molecule has 0 aliphatic rings. The van der Waals surface area contributed by atoms with E-state index >= 15 is 0 Å². The maximum absolute atomic E-state index is 12.2. The average molecular weight is 395 g/mol. The summed E-state index contributed by atoms with van der Waals surface area (Å²) >= 11 is 0. The van der Waals surface area contributed by atoms with Gasteiger partial charge in [-0.15, -0.1) is 0 Å². The number of sulfone groups is 1. The summed E-state index contributed by atoms with van der Waals surface area (Å²) in [5.41, 5.74) is 0. The zero-order valence-electron chi connectivity index (χ0n) is 17.1. The Hall–Kier alpha value is -1.16. The van der Waals surface area contributed by atoms with Crippen LogP contribution in [-0.2, 0) is 14.6 Å². The Balaban J connectivity index is 1.97. The number of Topliss-reactive ketones (excluding diaryl/α,β-unsaturated/α-hetero) is 1. The maximum Gasteiger partial charge on any atom is 0.185 e. The molecular weight excluding hydrogens is 356 g/mol. The summed E-state index contributed by atoms with van der Waals surface area (Å²) in [6.45, 7) is 2.25. The Morgan fingerprint density at radius 2 is 1.15 bits per heavy atom. The summed E-state index contributed by atoms with van der Waals surface area (Å²) in [6, 6.07) is 8.24. The third-order valence-corrected chi connectivity index (χ3v) is 6.70. The van der Waals surface area contributed by atoms with E-state index in [1.807, 2.05) is 0 Å². The van der Waals surface area contributed by atoms with Crippen LogP contribution >= 0.6 is 0 Å². The van der Waals surface area contributed by atoms with Crippen molar-refractivity contribution in [1.82, 2.24) is 0 Å². The third-order valence-electron chi connectivity index (χ3n) is 5.01. The summed E-state index contributed by atoms with van der Waals surface area (Å²) < 4.78 is 24.3. The number of ketones is 1. The number of rotatable bonds is 17. The van der Waals surface area contributed by atoms with Gasteiger partial charge >= 0.3 is 0 Å². The second-order valence-corrected chi connectivity index (χ2v) is 9.59. The minimum absolute atomic E-state index is 0.165. The van der Waals surface area contributed by atoms with Crippen LogP contribution in [0.25, 0.3) is 0 Å². The molecule has 0 unspecified atom stereocenters. The lowest BCUT2D eigenvalue weighted by molar-refractivity contribution is -0.116. The second kappa shape index (κ2) is 14.8. The first-order valence-corrected chi connectivity index (χ1v) is 12.5. The van der Waals surface area contributed by atoms with E-state index in [1.165, 1.54) is 64.2 Å². The molecule has 0 amide bonds. The molecule has 0 heterocycles. The van der Waals surface area contributed by atoms with Crippen molar-refractivity contribution in [2.24, 2.45) is 0 Å². The molecule has 27 heavy (non-hydrogen) atoms. The minimum Gasteiger partial charge on any atom is -0.299 e. The van der Waals surface area contributed by atoms with Crippen LogP contribution < -0.4 is 0 Å². The highest BCUT2D eigenvalue weighted by molar-refractivity contribution is 7.92. The fourth-order valence-corrected chi connectivity index (χ4v) is 4.64. The van der Waals surface area contributed by atoms with Crippen molar-refractivity contribution in [3.05, 3.63) is 30.3 Å². The quantitative estimate of drug-likeness (QED) is 0.283. The third kappa shape index (κ3) is 12.0. The van der Waals surface area contributed by atoms with Crippen LogP contribution in [0.15, 0.2) is 35.2 Å². The molecule has 0 saturated heterocycles. The van der Waals surface area contributed by atoms with Crippen LogP contribution in [0.1, 0.15) is 96.8 Å². The van der Waals surface area contributed by atoms with Crippen molar-refractivity contribution in [3.63, 3.8) is 0 Å². The van der Waals surface area contributed by atoms with Crippen molar-refractivity contribution in [2.45, 2.75) is 102 Å². The zero-order chi connectivity index (χ0) is 19.8. The second-order valence-electron chi connectivity index (χ2n) is 7.60. The lowest BCUT2D eigenvalue weighted by Gasteiger charge is -2.05. The molecule has 0 fully saturated rings. The van der Waals surface area contributed by atoms with Crippen molar-refractivity contribution >= 4 is 15.6 Å². The molecule has 0 bridgehead atoms. The smallest absolute Gasteiger partial charge is 0.185 e. The van der Waals surface area contributed by atoms with E-state index in [1.54, 1.807) is 30.3 Å². The van der Waals surface area contributed by atoms with Gasteiger partial charge in [-0.3, -0.25) is 4.79 Å². The number of unbranched alkanes of at least 4 members (excludes halogenated alkanes) is 12. The van der Waals surface area contributed by atoms with Crippen LogP contribution in [0.4, 0.5) is 0 Å². The first kappa shape index (κ1) is 23.9. The van der Waals surface area contributed by atoms with Gasteiger partial charge in [0.1, 0.15) is 11.5 Å². The lowest BCUT2D eigenvalue weighted by atomic mass is 10.0. The molecule has 0 aromatic heterocycles. The van der Waals surface area contributed by atoms with Crippen molar-refractivity contribution in [2.75, 3.05) is 5.75 Å². The number of carbonyl (C=O) groups is 1. The Morgan fingerprint density at radius 1 is 0.704 bits per heavy atom. The van der Waals surface area contributed by atoms with Crippen molar-refractivity contribution < 1.29 is 13.2 Å². The Labute approximate surface area is 166 Å². The molecule has 3 nitrogen and oxygen atoms in total. The van der Waals surface area contributed by atoms with Gasteiger partial charge < -0.3 is 0 Å². The number of carbonyl (C=O) groups excluding carboxylic acids is 1. The predicted octanol–water partition coefficient (Wildman–Crippen LogP) is 6.51. The molecule has 154 valence electrons. The molecule has 1 rings (SSSR count). The maximum atomic E-state index is 12.2. The Morgan fingerprint density at radius 3 is 1.63 bits per heavy atom. The van der Waals surface area contributed by atoms with Gasteiger partial charge in [0.05, 0.1) is 4.90 Å². The molecule has 0 saturated carbocycles. The van der Waals surface area contributed by atoms with E-state index in [4.69, 9.17) is 0 Å². The van der Waals surface area contributed by atoms with Gasteiger partial charge in [-0.05, 0) is 18.6 Å². The van der Waals surface area contributed by atoms with Gasteiger partial charge in [0, 0.05) is 6.42 Å². The van der Waals surface area contributed by atoms with Gasteiger partial charge in [0.2, 0.25) is 0 Å². The first-order chi connectivity index (χ1) is 13.1. The molecule has 0 aliphatic heterocycles. The lowest BCUT2D eigenvalue weighted by Crippen LogP contribution is -2.16. The SMILES string of the molecule is CCCCCCCCCCCCCCCC(=O)CS(=O)(=O)c1ccccc1. The van der Waals surface area contributed by atoms with Gasteiger partial charge in [-0.2, -0.15) is 0 Å². The zero-order valence-corrected chi connectivity index (χ0v) is 17.9. The summed E-state index contributed by atoms with van der Waals surface area (Å²) in [6.07, 6.45) is 16.8. The highest BCUT2D eigenvalue weighted by Gasteiger charge is 2.18. The molecule has 1 aromatic carbocycles. The highest BCUT2D eigenvalue weighted by Crippen LogP contribution is 2.14. The summed E-state index contributed by atoms with van der Waals surface area (Å²) in [5, 5.41) is 0. The fraction of sp³-hybridized carbons (Fsp3) is 0.696. The van der Waals surface area contributed by atoms with Crippen LogP contribution in [-0.4, -0.2) is 20.0 Å². The van der Waals surface area contributed by atoms with Gasteiger partial charge in [-0.25, -0.2) is 8.42 Å². The van der Waals surface area contributed by atoms with E-state index in [0.717, 1.165) is 19.3 Å². The molecule has 0 radical (unpaired) electrons. The van der Waals surface area contributed by atoms with E-state index < -0.39 is 9.84 Å². The fourth-order valence-electron chi connectivity index (χ4n) is 3.34. The van der Waals surface area contributed by atoms with Crippen molar-refractivity contribution in [3.8, 4) is 0 Å². The van der Waals surface area contributed by atoms with E-state index in [0.29, 0.717) is 6.42 Å². The predicted molar refractivity (Wildman–Crippen MR) is 114 cm³/mol. The van der Waals surface area contributed by atoms with E-state index in [-0.39, 0.29) is 16.4 Å². The van der Waals surface area contributed by atoms with Crippen LogP contribution in [0, 0.1) is 0 Å². The molecule has 0 atom stereocenters. The molecule has 0 spiro atoms. The van der Waals surface area contributed by atoms with Crippen LogP contribution in [0.3, 0.4) is 0 Å². The number of hydrogen-bond donors (Lipinski definition) is 0. The molecule has 4 heteroatoms. The number of benzene rings is 1. The van der Waals surface area contributed by atoms with E-state index in [9.17, 15) is 13.2 Å². The standard InChI is InChI=1S/C23H38O3S/c1-2-3-4-5-6-7-8-9-10-11-12-13-15-18-22(24)21-27(25,26)23-19-16-14-17-20-23/h14,16-17,19-20H,2-13,15,18,21H2,1H3. The van der Waals surface area contributed by atoms with Crippen molar-refractivity contribution in [1.29, 1.82) is 0 Å². The number of hydrogen-bond acceptors (Lipinski definition) is 3. The van der Waals surface area contributed by atoms with Gasteiger partial charge in [0.25, 0.3) is 0 Å². The highest BCUT2D eigenvalue weighted by atomic mass is 32.2. The molecule has 1 aromatic rings. The van der Waals surface area contributed by atoms with Crippen LogP contribution in [0.5, 0.6) is 0 Å². The summed E-state index contributed by atoms with van der Waals surface area (Å²) in [7, 11) is -3.48. The normalized spacial score (nSPS) is 11.6. The average Bonchev–Trinajstić information content (AvgIpc) is 2.66. The molecule has 0 N–H and O–H groups in total. The van der Waals surface area contributed by atoms with Gasteiger partial charge in [0.15, 0.2) is 9.84 Å². The molecule has 0 aliphatic carbocycles. The van der Waals surface area contributed by atoms with Crippen LogP contribution in [0.2, 0.25) is 0 Å². The Bertz CT molecular complexity index is 593. The largest absolute Gasteiger partial charge is 0.299 e.